The van der Waals surface area contributed by atoms with Crippen molar-refractivity contribution in [3.63, 3.8) is 0 Å². The van der Waals surface area contributed by atoms with Crippen LogP contribution in [-0.4, -0.2) is 37.7 Å². The van der Waals surface area contributed by atoms with Crippen molar-refractivity contribution in [1.82, 2.24) is 9.29 Å². The molecule has 0 spiro atoms. The minimum absolute atomic E-state index is 0.00347. The van der Waals surface area contributed by atoms with E-state index in [-0.39, 0.29) is 15.5 Å². The van der Waals surface area contributed by atoms with E-state index in [1.807, 2.05) is 19.2 Å². The van der Waals surface area contributed by atoms with Gasteiger partial charge in [0, 0.05) is 34.8 Å². The van der Waals surface area contributed by atoms with E-state index in [0.717, 1.165) is 20.4 Å². The maximum absolute atomic E-state index is 12.7. The second-order valence-corrected chi connectivity index (χ2v) is 11.1. The summed E-state index contributed by atoms with van der Waals surface area (Å²) in [5.74, 6) is -0.514. The van der Waals surface area contributed by atoms with Crippen LogP contribution < -0.4 is 5.32 Å². The number of nitrogens with zero attached hydrogens (tertiary/aromatic N) is 2. The molecule has 28 heavy (non-hydrogen) atoms. The average Bonchev–Trinajstić information content (AvgIpc) is 3.20. The zero-order chi connectivity index (χ0) is 20.6. The molecule has 0 unspecified atom stereocenters. The van der Waals surface area contributed by atoms with E-state index >= 15 is 0 Å². The molecule has 1 amide bonds. The van der Waals surface area contributed by atoms with Gasteiger partial charge in [-0.1, -0.05) is 11.6 Å². The Balaban J connectivity index is 1.87. The fourth-order valence-electron chi connectivity index (χ4n) is 2.55. The van der Waals surface area contributed by atoms with E-state index in [9.17, 15) is 13.2 Å². The van der Waals surface area contributed by atoms with Gasteiger partial charge in [0.1, 0.15) is 0 Å². The summed E-state index contributed by atoms with van der Waals surface area (Å²) in [4.78, 5) is 19.5. The molecule has 0 aliphatic rings. The normalized spacial score (nSPS) is 11.8. The smallest absolute Gasteiger partial charge is 0.259 e. The predicted octanol–water partition coefficient (Wildman–Crippen LogP) is 4.64. The van der Waals surface area contributed by atoms with Gasteiger partial charge >= 0.3 is 0 Å². The van der Waals surface area contributed by atoms with E-state index in [4.69, 9.17) is 11.6 Å². The number of carbonyl (C=O) groups excluding carboxylic acids is 1. The van der Waals surface area contributed by atoms with Crippen molar-refractivity contribution in [2.45, 2.75) is 18.7 Å². The molecule has 148 valence electrons. The molecule has 1 N–H and O–H groups in total. The maximum atomic E-state index is 12.7. The number of anilines is 1. The quantitative estimate of drug-likeness (QED) is 0.607. The Bertz CT molecular complexity index is 1150. The van der Waals surface area contributed by atoms with Crippen LogP contribution in [0, 0.1) is 13.8 Å². The first-order valence-corrected chi connectivity index (χ1v) is 11.7. The number of aryl methyl sites for hydroxylation is 2. The van der Waals surface area contributed by atoms with E-state index in [2.05, 4.69) is 16.4 Å². The summed E-state index contributed by atoms with van der Waals surface area (Å²) in [5, 5.41) is 5.16. The highest BCUT2D eigenvalue weighted by molar-refractivity contribution is 7.89. The number of benzene rings is 1. The number of rotatable bonds is 5. The van der Waals surface area contributed by atoms with Crippen LogP contribution in [-0.2, 0) is 10.0 Å². The third-order valence-corrected chi connectivity index (χ3v) is 7.87. The minimum Gasteiger partial charge on any atom is -0.298 e. The van der Waals surface area contributed by atoms with Crippen LogP contribution in [0.3, 0.4) is 0 Å². The molecule has 2 aromatic heterocycles. The largest absolute Gasteiger partial charge is 0.298 e. The first-order chi connectivity index (χ1) is 13.1. The number of halogens is 1. The van der Waals surface area contributed by atoms with Crippen LogP contribution in [0.25, 0.3) is 11.3 Å². The Morgan fingerprint density at radius 1 is 1.21 bits per heavy atom. The molecule has 10 heteroatoms. The Labute approximate surface area is 176 Å². The van der Waals surface area contributed by atoms with Crippen molar-refractivity contribution < 1.29 is 13.2 Å². The van der Waals surface area contributed by atoms with E-state index < -0.39 is 15.9 Å². The lowest BCUT2D eigenvalue weighted by Gasteiger charge is -2.13. The van der Waals surface area contributed by atoms with Crippen LogP contribution >= 0.6 is 34.3 Å². The maximum Gasteiger partial charge on any atom is 0.259 e. The molecule has 3 rings (SSSR count). The second-order valence-electron chi connectivity index (χ2n) is 6.25. The topological polar surface area (TPSA) is 79.4 Å². The summed E-state index contributed by atoms with van der Waals surface area (Å²) < 4.78 is 25.7. The third-order valence-electron chi connectivity index (χ3n) is 4.00. The number of sulfonamides is 1. The summed E-state index contributed by atoms with van der Waals surface area (Å²) in [5.41, 5.74) is 1.90. The highest BCUT2D eigenvalue weighted by Gasteiger charge is 2.21. The molecule has 0 saturated carbocycles. The molecule has 0 radical (unpaired) electrons. The van der Waals surface area contributed by atoms with Gasteiger partial charge in [-0.05, 0) is 38.1 Å². The molecule has 0 aliphatic heterocycles. The molecular weight excluding hydrogens is 438 g/mol. The highest BCUT2D eigenvalue weighted by atomic mass is 35.5. The Morgan fingerprint density at radius 2 is 1.93 bits per heavy atom. The summed E-state index contributed by atoms with van der Waals surface area (Å²) in [6.45, 7) is 4.06. The standard InChI is InChI=1S/C18H18ClN3O3S3/c1-10-7-13(11(2)27-10)16-9-26-18(20-16)21-17(23)14-8-12(5-6-15(14)19)28(24,25)22(3)4/h5-9H,1-4H3,(H,20,21,23). The van der Waals surface area contributed by atoms with Crippen LogP contribution in [0.4, 0.5) is 5.13 Å². The van der Waals surface area contributed by atoms with Crippen LogP contribution in [0.5, 0.6) is 0 Å². The first kappa shape index (κ1) is 20.9. The summed E-state index contributed by atoms with van der Waals surface area (Å²) in [7, 11) is -0.823. The third kappa shape index (κ3) is 4.13. The minimum atomic E-state index is -3.67. The zero-order valence-electron chi connectivity index (χ0n) is 15.6. The number of thiazole rings is 1. The molecule has 1 aromatic carbocycles. The second kappa shape index (κ2) is 7.92. The van der Waals surface area contributed by atoms with Gasteiger partial charge in [0.25, 0.3) is 5.91 Å². The first-order valence-electron chi connectivity index (χ1n) is 8.16. The van der Waals surface area contributed by atoms with Gasteiger partial charge in [-0.2, -0.15) is 0 Å². The molecule has 3 aromatic rings. The molecular formula is C18H18ClN3O3S3. The van der Waals surface area contributed by atoms with Gasteiger partial charge in [-0.25, -0.2) is 17.7 Å². The fourth-order valence-corrected chi connectivity index (χ4v) is 5.32. The van der Waals surface area contributed by atoms with Crippen LogP contribution in [0.15, 0.2) is 34.5 Å². The fraction of sp³-hybridized carbons (Fsp3) is 0.222. The Hall–Kier alpha value is -1.78. The van der Waals surface area contributed by atoms with Crippen molar-refractivity contribution in [3.05, 3.63) is 50.0 Å². The van der Waals surface area contributed by atoms with Gasteiger partial charge in [0.05, 0.1) is 21.2 Å². The Morgan fingerprint density at radius 3 is 2.54 bits per heavy atom. The monoisotopic (exact) mass is 455 g/mol. The molecule has 0 bridgehead atoms. The highest BCUT2D eigenvalue weighted by Crippen LogP contribution is 2.33. The van der Waals surface area contributed by atoms with Crippen molar-refractivity contribution in [1.29, 1.82) is 0 Å². The summed E-state index contributed by atoms with van der Waals surface area (Å²) >= 11 is 9.12. The number of aromatic nitrogens is 1. The van der Waals surface area contributed by atoms with E-state index in [0.29, 0.717) is 5.13 Å². The van der Waals surface area contributed by atoms with Crippen molar-refractivity contribution in [2.24, 2.45) is 0 Å². The van der Waals surface area contributed by atoms with E-state index in [1.165, 1.54) is 48.5 Å². The van der Waals surface area contributed by atoms with Crippen molar-refractivity contribution in [2.75, 3.05) is 19.4 Å². The number of hydrogen-bond donors (Lipinski definition) is 1. The molecule has 0 fully saturated rings. The lowest BCUT2D eigenvalue weighted by atomic mass is 10.2. The van der Waals surface area contributed by atoms with Crippen LogP contribution in [0.2, 0.25) is 5.02 Å². The Kier molecular flexibility index (Phi) is 5.92. The van der Waals surface area contributed by atoms with Gasteiger partial charge in [-0.3, -0.25) is 10.1 Å². The van der Waals surface area contributed by atoms with E-state index in [1.54, 1.807) is 11.3 Å². The van der Waals surface area contributed by atoms with Crippen molar-refractivity contribution >= 4 is 55.3 Å². The molecule has 0 saturated heterocycles. The number of hydrogen-bond acceptors (Lipinski definition) is 6. The van der Waals surface area contributed by atoms with Gasteiger partial charge < -0.3 is 0 Å². The molecule has 2 heterocycles. The number of nitrogens with one attached hydrogen (secondary N) is 1. The summed E-state index contributed by atoms with van der Waals surface area (Å²) in [6, 6.07) is 6.11. The van der Waals surface area contributed by atoms with Gasteiger partial charge in [0.2, 0.25) is 10.0 Å². The number of carbonyl (C=O) groups is 1. The number of amides is 1. The average molecular weight is 456 g/mol. The SMILES string of the molecule is Cc1cc(-c2csc(NC(=O)c3cc(S(=O)(=O)N(C)C)ccc3Cl)n2)c(C)s1. The van der Waals surface area contributed by atoms with Gasteiger partial charge in [-0.15, -0.1) is 22.7 Å². The number of thiophene rings is 1. The van der Waals surface area contributed by atoms with Crippen LogP contribution in [0.1, 0.15) is 20.1 Å². The zero-order valence-corrected chi connectivity index (χ0v) is 18.8. The molecule has 0 aliphatic carbocycles. The summed E-state index contributed by atoms with van der Waals surface area (Å²) in [6.07, 6.45) is 0. The van der Waals surface area contributed by atoms with Crippen molar-refractivity contribution in [3.8, 4) is 11.3 Å². The lowest BCUT2D eigenvalue weighted by molar-refractivity contribution is 0.102. The van der Waals surface area contributed by atoms with Gasteiger partial charge in [0.15, 0.2) is 5.13 Å². The lowest BCUT2D eigenvalue weighted by Crippen LogP contribution is -2.23. The predicted molar refractivity (Wildman–Crippen MR) is 115 cm³/mol. The molecule has 6 nitrogen and oxygen atoms in total. The molecule has 0 atom stereocenters.